The van der Waals surface area contributed by atoms with Gasteiger partial charge in [0.15, 0.2) is 11.0 Å². The van der Waals surface area contributed by atoms with E-state index in [9.17, 15) is 22.8 Å². The maximum atomic E-state index is 13.0. The zero-order valence-corrected chi connectivity index (χ0v) is 24.6. The molecule has 1 aliphatic carbocycles. The topological polar surface area (TPSA) is 102 Å². The predicted octanol–water partition coefficient (Wildman–Crippen LogP) is 6.02. The first kappa shape index (κ1) is 29.4. The highest BCUT2D eigenvalue weighted by Gasteiger charge is 2.33. The monoisotopic (exact) mass is 620 g/mol. The van der Waals surface area contributed by atoms with E-state index in [-0.39, 0.29) is 23.5 Å². The molecule has 6 rings (SSSR count). The van der Waals surface area contributed by atoms with Crippen LogP contribution in [-0.4, -0.2) is 50.0 Å². The number of carbonyl (C=O) groups excluding carboxylic acids is 2. The number of hydrogen-bond acceptors (Lipinski definition) is 6. The Bertz CT molecular complexity index is 1770. The summed E-state index contributed by atoms with van der Waals surface area (Å²) in [5.41, 5.74) is 6.19. The molecule has 1 aromatic heterocycles. The van der Waals surface area contributed by atoms with Crippen molar-refractivity contribution in [3.05, 3.63) is 89.2 Å². The number of aromatic nitrogens is 3. The summed E-state index contributed by atoms with van der Waals surface area (Å²) >= 11 is 1.26. The third-order valence-corrected chi connectivity index (χ3v) is 8.36. The molecule has 44 heavy (non-hydrogen) atoms. The number of urea groups is 1. The molecule has 13 heteroatoms. The molecule has 226 valence electrons. The van der Waals surface area contributed by atoms with Crippen LogP contribution >= 0.6 is 11.8 Å². The first-order valence-corrected chi connectivity index (χ1v) is 14.9. The molecule has 1 atom stereocenters. The molecular formula is C31H27F3N6O3S. The zero-order valence-electron chi connectivity index (χ0n) is 23.8. The molecule has 1 N–H and O–H groups in total. The molecule has 1 fully saturated rings. The maximum Gasteiger partial charge on any atom is 0.573 e. The van der Waals surface area contributed by atoms with Crippen LogP contribution in [0.4, 0.5) is 23.7 Å². The molecule has 1 saturated heterocycles. The van der Waals surface area contributed by atoms with Gasteiger partial charge in [-0.3, -0.25) is 9.69 Å². The number of aryl methyl sites for hydroxylation is 2. The van der Waals surface area contributed by atoms with Crippen molar-refractivity contribution in [2.24, 2.45) is 4.99 Å². The molecule has 1 aliphatic heterocycles. The van der Waals surface area contributed by atoms with Crippen molar-refractivity contribution >= 4 is 34.6 Å². The van der Waals surface area contributed by atoms with Crippen LogP contribution in [0.5, 0.6) is 5.75 Å². The number of hydrogen-bond donors (Lipinski definition) is 1. The molecule has 0 saturated carbocycles. The summed E-state index contributed by atoms with van der Waals surface area (Å²) in [6.07, 6.45) is -1.30. The molecule has 2 aliphatic rings. The van der Waals surface area contributed by atoms with Crippen molar-refractivity contribution < 1.29 is 27.5 Å². The van der Waals surface area contributed by atoms with Crippen LogP contribution in [-0.2, 0) is 24.1 Å². The van der Waals surface area contributed by atoms with Gasteiger partial charge in [-0.2, -0.15) is 4.99 Å². The third kappa shape index (κ3) is 6.18. The quantitative estimate of drug-likeness (QED) is 0.283. The summed E-state index contributed by atoms with van der Waals surface area (Å²) in [7, 11) is 0. The number of alkyl halides is 3. The fourth-order valence-corrected chi connectivity index (χ4v) is 6.31. The number of benzene rings is 3. The Balaban J connectivity index is 1.12. The van der Waals surface area contributed by atoms with Crippen molar-refractivity contribution in [3.8, 4) is 22.8 Å². The fraction of sp³-hybridized carbons (Fsp3) is 0.258. The number of carbonyl (C=O) groups is 2. The lowest BCUT2D eigenvalue weighted by Crippen LogP contribution is -2.36. The van der Waals surface area contributed by atoms with Gasteiger partial charge in [-0.25, -0.2) is 14.5 Å². The van der Waals surface area contributed by atoms with E-state index in [0.717, 1.165) is 39.9 Å². The first-order valence-electron chi connectivity index (χ1n) is 13.9. The lowest BCUT2D eigenvalue weighted by molar-refractivity contribution is -0.274. The van der Waals surface area contributed by atoms with E-state index in [2.05, 4.69) is 25.1 Å². The van der Waals surface area contributed by atoms with Crippen LogP contribution in [0.1, 0.15) is 29.2 Å². The van der Waals surface area contributed by atoms with Crippen LogP contribution in [0.3, 0.4) is 0 Å². The number of amidine groups is 1. The average molecular weight is 621 g/mol. The Morgan fingerprint density at radius 3 is 2.64 bits per heavy atom. The molecular weight excluding hydrogens is 593 g/mol. The fourth-order valence-electron chi connectivity index (χ4n) is 5.46. The van der Waals surface area contributed by atoms with E-state index < -0.39 is 12.4 Å². The van der Waals surface area contributed by atoms with Crippen molar-refractivity contribution in [1.82, 2.24) is 20.1 Å². The molecule has 0 radical (unpaired) electrons. The van der Waals surface area contributed by atoms with Gasteiger partial charge in [0, 0.05) is 11.6 Å². The Labute approximate surface area is 255 Å². The number of para-hydroxylation sites is 1. The van der Waals surface area contributed by atoms with E-state index in [0.29, 0.717) is 29.5 Å². The molecule has 2 heterocycles. The van der Waals surface area contributed by atoms with Crippen molar-refractivity contribution in [1.29, 1.82) is 0 Å². The first-order chi connectivity index (χ1) is 21.1. The zero-order chi connectivity index (χ0) is 31.0. The summed E-state index contributed by atoms with van der Waals surface area (Å²) in [5.74, 6) is 0.254. The molecule has 3 amide bonds. The van der Waals surface area contributed by atoms with Crippen LogP contribution in [0.15, 0.2) is 72.0 Å². The number of fused-ring (bicyclic) bond motifs is 1. The second kappa shape index (κ2) is 11.8. The van der Waals surface area contributed by atoms with E-state index >= 15 is 0 Å². The highest BCUT2D eigenvalue weighted by atomic mass is 32.2. The Hall–Kier alpha value is -4.65. The normalized spacial score (nSPS) is 17.3. The summed E-state index contributed by atoms with van der Waals surface area (Å²) in [6, 6.07) is 16.4. The van der Waals surface area contributed by atoms with E-state index in [1.165, 1.54) is 47.0 Å². The number of nitrogens with zero attached hydrogens (tertiary/aromatic N) is 5. The lowest BCUT2D eigenvalue weighted by atomic mass is 10.0. The van der Waals surface area contributed by atoms with E-state index in [4.69, 9.17) is 0 Å². The number of nitrogens with one attached hydrogen (secondary N) is 1. The van der Waals surface area contributed by atoms with Gasteiger partial charge in [0.2, 0.25) is 5.91 Å². The van der Waals surface area contributed by atoms with E-state index in [1.807, 2.05) is 50.2 Å². The van der Waals surface area contributed by atoms with Gasteiger partial charge >= 0.3 is 12.4 Å². The smallest absolute Gasteiger partial charge is 0.406 e. The number of halogens is 3. The largest absolute Gasteiger partial charge is 0.573 e. The number of rotatable bonds is 6. The number of ether oxygens (including phenoxy) is 1. The Morgan fingerprint density at radius 2 is 1.89 bits per heavy atom. The van der Waals surface area contributed by atoms with Crippen molar-refractivity contribution in [2.45, 2.75) is 45.5 Å². The number of thioether (sulfide) groups is 1. The Morgan fingerprint density at radius 1 is 1.11 bits per heavy atom. The predicted molar refractivity (Wildman–Crippen MR) is 161 cm³/mol. The SMILES string of the molecule is CCc1cccc(C)c1N1C(=O)CS/C1=N\C(=O)NC1Cc2ccc(-c3ncn(-c4ccc(OC(F)(F)F)cc4)n3)cc2C1. The van der Waals surface area contributed by atoms with Gasteiger partial charge in [-0.05, 0) is 78.8 Å². The minimum Gasteiger partial charge on any atom is -0.406 e. The van der Waals surface area contributed by atoms with Crippen LogP contribution in [0, 0.1) is 6.92 Å². The second-order valence-electron chi connectivity index (χ2n) is 10.4. The van der Waals surface area contributed by atoms with Gasteiger partial charge in [0.25, 0.3) is 0 Å². The van der Waals surface area contributed by atoms with Gasteiger partial charge < -0.3 is 10.1 Å². The molecule has 0 spiro atoms. The van der Waals surface area contributed by atoms with Gasteiger partial charge in [-0.1, -0.05) is 49.0 Å². The van der Waals surface area contributed by atoms with Crippen LogP contribution in [0.25, 0.3) is 17.1 Å². The summed E-state index contributed by atoms with van der Waals surface area (Å²) in [5, 5.41) is 7.85. The third-order valence-electron chi connectivity index (χ3n) is 7.44. The second-order valence-corrected chi connectivity index (χ2v) is 11.4. The number of anilines is 1. The highest BCUT2D eigenvalue weighted by Crippen LogP contribution is 2.33. The molecule has 3 aromatic carbocycles. The Kier molecular flexibility index (Phi) is 7.89. The summed E-state index contributed by atoms with van der Waals surface area (Å²) in [6.45, 7) is 3.97. The van der Waals surface area contributed by atoms with Crippen molar-refractivity contribution in [2.75, 3.05) is 10.7 Å². The minimum absolute atomic E-state index is 0.102. The van der Waals surface area contributed by atoms with Crippen LogP contribution < -0.4 is 15.0 Å². The maximum absolute atomic E-state index is 13.0. The molecule has 4 aromatic rings. The molecule has 9 nitrogen and oxygen atoms in total. The number of amides is 3. The van der Waals surface area contributed by atoms with E-state index in [1.54, 1.807) is 4.90 Å². The average Bonchev–Trinajstić information content (AvgIpc) is 3.71. The number of aliphatic imine (C=N–C) groups is 1. The van der Waals surface area contributed by atoms with Crippen molar-refractivity contribution in [3.63, 3.8) is 0 Å². The van der Waals surface area contributed by atoms with Gasteiger partial charge in [0.1, 0.15) is 12.1 Å². The van der Waals surface area contributed by atoms with Gasteiger partial charge in [0.05, 0.1) is 17.1 Å². The standard InChI is InChI=1S/C31H27F3N6O3S/c1-3-19-6-4-5-18(2)27(19)40-26(41)16-44-30(40)37-29(42)36-23-14-20-7-8-21(13-22(20)15-23)28-35-17-39(38-28)24-9-11-25(12-10-24)43-31(32,33)34/h4-13,17,23H,3,14-16H2,1-2H3,(H,36,42)/b37-30-. The van der Waals surface area contributed by atoms with Crippen LogP contribution in [0.2, 0.25) is 0 Å². The summed E-state index contributed by atoms with van der Waals surface area (Å²) in [4.78, 5) is 36.0. The minimum atomic E-state index is -4.76. The summed E-state index contributed by atoms with van der Waals surface area (Å²) < 4.78 is 42.7. The van der Waals surface area contributed by atoms with Gasteiger partial charge in [-0.15, -0.1) is 18.3 Å². The molecule has 0 bridgehead atoms. The highest BCUT2D eigenvalue weighted by molar-refractivity contribution is 8.15. The molecule has 1 unspecified atom stereocenters. The lowest BCUT2D eigenvalue weighted by Gasteiger charge is -2.21.